The number of aromatic nitrogens is 2. The van der Waals surface area contributed by atoms with Crippen LogP contribution in [0.25, 0.3) is 0 Å². The van der Waals surface area contributed by atoms with Gasteiger partial charge < -0.3 is 15.4 Å². The van der Waals surface area contributed by atoms with Gasteiger partial charge in [0, 0.05) is 11.8 Å². The Kier molecular flexibility index (Phi) is 6.13. The number of esters is 1. The second-order valence-corrected chi connectivity index (χ2v) is 6.04. The summed E-state index contributed by atoms with van der Waals surface area (Å²) in [5.74, 6) is -0.613. The minimum atomic E-state index is -0.469. The second-order valence-electron chi connectivity index (χ2n) is 6.04. The highest BCUT2D eigenvalue weighted by atomic mass is 19.1. The van der Waals surface area contributed by atoms with Crippen molar-refractivity contribution in [2.45, 2.75) is 13.8 Å². The molecule has 0 atom stereocenters. The molecule has 1 amide bonds. The number of benzene rings is 2. The normalized spacial score (nSPS) is 10.3. The molecule has 0 aliphatic carbocycles. The fraction of sp³-hybridized carbons (Fsp3) is 0.143. The van der Waals surface area contributed by atoms with E-state index in [-0.39, 0.29) is 12.3 Å². The van der Waals surface area contributed by atoms with Crippen LogP contribution in [0.4, 0.5) is 21.6 Å². The summed E-state index contributed by atoms with van der Waals surface area (Å²) in [4.78, 5) is 33.1. The van der Waals surface area contributed by atoms with Crippen molar-refractivity contribution in [2.75, 3.05) is 17.2 Å². The summed E-state index contributed by atoms with van der Waals surface area (Å²) in [5, 5.41) is 5.69. The van der Waals surface area contributed by atoms with Gasteiger partial charge in [0.05, 0.1) is 17.9 Å². The number of rotatable bonds is 6. The van der Waals surface area contributed by atoms with Crippen LogP contribution in [0.2, 0.25) is 0 Å². The van der Waals surface area contributed by atoms with Crippen LogP contribution in [-0.4, -0.2) is 28.5 Å². The number of ether oxygens (including phenoxy) is 1. The predicted octanol–water partition coefficient (Wildman–Crippen LogP) is 4.10. The minimum absolute atomic E-state index is 0.123. The Morgan fingerprint density at radius 1 is 1.07 bits per heavy atom. The van der Waals surface area contributed by atoms with Crippen LogP contribution in [-0.2, 0) is 4.74 Å². The van der Waals surface area contributed by atoms with Gasteiger partial charge in [0.1, 0.15) is 23.2 Å². The van der Waals surface area contributed by atoms with Crippen molar-refractivity contribution in [3.63, 3.8) is 0 Å². The number of para-hydroxylation sites is 1. The third-order valence-electron chi connectivity index (χ3n) is 3.86. The number of nitrogens with zero attached hydrogens (tertiary/aromatic N) is 2. The van der Waals surface area contributed by atoms with E-state index in [1.54, 1.807) is 38.1 Å². The molecule has 7 nitrogen and oxygen atoms in total. The first-order chi connectivity index (χ1) is 14.0. The summed E-state index contributed by atoms with van der Waals surface area (Å²) in [6, 6.07) is 13.7. The monoisotopic (exact) mass is 394 g/mol. The number of hydrogen-bond donors (Lipinski definition) is 2. The van der Waals surface area contributed by atoms with Gasteiger partial charge in [-0.2, -0.15) is 0 Å². The molecule has 2 N–H and O–H groups in total. The summed E-state index contributed by atoms with van der Waals surface area (Å²) in [6.07, 6.45) is 0. The lowest BCUT2D eigenvalue weighted by atomic mass is 10.2. The zero-order valence-corrected chi connectivity index (χ0v) is 15.9. The summed E-state index contributed by atoms with van der Waals surface area (Å²) in [7, 11) is 0. The Balaban J connectivity index is 1.84. The molecule has 3 aromatic rings. The minimum Gasteiger partial charge on any atom is -0.462 e. The van der Waals surface area contributed by atoms with Crippen molar-refractivity contribution in [1.29, 1.82) is 0 Å². The smallest absolute Gasteiger partial charge is 0.340 e. The fourth-order valence-corrected chi connectivity index (χ4v) is 2.59. The van der Waals surface area contributed by atoms with E-state index < -0.39 is 17.7 Å². The Bertz CT molecular complexity index is 1040. The van der Waals surface area contributed by atoms with Crippen molar-refractivity contribution in [3.8, 4) is 0 Å². The molecule has 0 saturated carbocycles. The zero-order chi connectivity index (χ0) is 20.8. The van der Waals surface area contributed by atoms with Crippen LogP contribution < -0.4 is 10.6 Å². The maximum Gasteiger partial charge on any atom is 0.340 e. The molecule has 0 aliphatic heterocycles. The van der Waals surface area contributed by atoms with Crippen LogP contribution >= 0.6 is 0 Å². The van der Waals surface area contributed by atoms with E-state index >= 15 is 0 Å². The van der Waals surface area contributed by atoms with Gasteiger partial charge in [0.2, 0.25) is 0 Å². The Morgan fingerprint density at radius 3 is 2.52 bits per heavy atom. The predicted molar refractivity (Wildman–Crippen MR) is 107 cm³/mol. The Labute approximate surface area is 167 Å². The topological polar surface area (TPSA) is 93.2 Å². The molecule has 0 saturated heterocycles. The molecule has 0 fully saturated rings. The van der Waals surface area contributed by atoms with Gasteiger partial charge in [-0.3, -0.25) is 4.79 Å². The third-order valence-corrected chi connectivity index (χ3v) is 3.86. The quantitative estimate of drug-likeness (QED) is 0.612. The average Bonchev–Trinajstić information content (AvgIpc) is 2.70. The lowest BCUT2D eigenvalue weighted by Crippen LogP contribution is -2.15. The number of carbonyl (C=O) groups excluding carboxylic acids is 2. The van der Waals surface area contributed by atoms with Gasteiger partial charge in [-0.15, -0.1) is 0 Å². The zero-order valence-electron chi connectivity index (χ0n) is 15.9. The number of amides is 1. The second kappa shape index (κ2) is 8.92. The molecule has 3 rings (SSSR count). The first-order valence-electron chi connectivity index (χ1n) is 8.92. The van der Waals surface area contributed by atoms with Crippen molar-refractivity contribution in [3.05, 3.63) is 77.5 Å². The lowest BCUT2D eigenvalue weighted by molar-refractivity contribution is 0.0527. The van der Waals surface area contributed by atoms with E-state index in [1.165, 1.54) is 30.3 Å². The highest BCUT2D eigenvalue weighted by Crippen LogP contribution is 2.21. The molecule has 148 valence electrons. The van der Waals surface area contributed by atoms with Crippen molar-refractivity contribution in [2.24, 2.45) is 0 Å². The lowest BCUT2D eigenvalue weighted by Gasteiger charge is -2.12. The van der Waals surface area contributed by atoms with Crippen LogP contribution in [0, 0.1) is 12.7 Å². The number of aryl methyl sites for hydroxylation is 1. The van der Waals surface area contributed by atoms with Crippen LogP contribution in [0.5, 0.6) is 0 Å². The van der Waals surface area contributed by atoms with Crippen LogP contribution in [0.15, 0.2) is 54.6 Å². The van der Waals surface area contributed by atoms with E-state index in [9.17, 15) is 14.0 Å². The van der Waals surface area contributed by atoms with Crippen LogP contribution in [0.1, 0.15) is 33.6 Å². The summed E-state index contributed by atoms with van der Waals surface area (Å²) in [5.41, 5.74) is 1.41. The van der Waals surface area contributed by atoms with Gasteiger partial charge in [0.25, 0.3) is 5.91 Å². The summed E-state index contributed by atoms with van der Waals surface area (Å²) < 4.78 is 18.1. The molecule has 1 aromatic heterocycles. The molecule has 0 aliphatic rings. The molecular weight excluding hydrogens is 375 g/mol. The summed E-state index contributed by atoms with van der Waals surface area (Å²) in [6.45, 7) is 3.64. The van der Waals surface area contributed by atoms with Gasteiger partial charge in [-0.1, -0.05) is 12.1 Å². The largest absolute Gasteiger partial charge is 0.462 e. The van der Waals surface area contributed by atoms with Crippen molar-refractivity contribution in [1.82, 2.24) is 9.97 Å². The molecule has 8 heteroatoms. The number of carbonyl (C=O) groups is 2. The molecule has 0 radical (unpaired) electrons. The Morgan fingerprint density at radius 2 is 1.79 bits per heavy atom. The molecule has 0 spiro atoms. The average molecular weight is 394 g/mol. The molecular formula is C21H19FN4O3. The number of halogens is 1. The third kappa shape index (κ3) is 5.13. The van der Waals surface area contributed by atoms with E-state index in [2.05, 4.69) is 20.6 Å². The SMILES string of the molecule is CCOC(=O)c1ccccc1Nc1cc(C(=O)Nc2ccc(F)cc2)nc(C)n1. The molecule has 2 aromatic carbocycles. The Hall–Kier alpha value is -3.81. The number of anilines is 3. The van der Waals surface area contributed by atoms with E-state index in [1.807, 2.05) is 0 Å². The number of hydrogen-bond acceptors (Lipinski definition) is 6. The number of nitrogens with one attached hydrogen (secondary N) is 2. The van der Waals surface area contributed by atoms with E-state index in [4.69, 9.17) is 4.74 Å². The van der Waals surface area contributed by atoms with E-state index in [0.717, 1.165) is 0 Å². The summed E-state index contributed by atoms with van der Waals surface area (Å²) >= 11 is 0. The molecule has 1 heterocycles. The standard InChI is InChI=1S/C21H19FN4O3/c1-3-29-21(28)16-6-4-5-7-17(16)26-19-12-18(23-13(2)24-19)20(27)25-15-10-8-14(22)9-11-15/h4-12H,3H2,1-2H3,(H,25,27)(H,23,24,26). The highest BCUT2D eigenvalue weighted by molar-refractivity contribution is 6.03. The van der Waals surface area contributed by atoms with Gasteiger partial charge in [-0.05, 0) is 50.2 Å². The van der Waals surface area contributed by atoms with E-state index in [0.29, 0.717) is 28.6 Å². The molecule has 0 unspecified atom stereocenters. The maximum absolute atomic E-state index is 13.0. The van der Waals surface area contributed by atoms with Gasteiger partial charge in [0.15, 0.2) is 0 Å². The maximum atomic E-state index is 13.0. The molecule has 29 heavy (non-hydrogen) atoms. The van der Waals surface area contributed by atoms with Crippen molar-refractivity contribution < 1.29 is 18.7 Å². The first-order valence-corrected chi connectivity index (χ1v) is 8.92. The van der Waals surface area contributed by atoms with Crippen LogP contribution in [0.3, 0.4) is 0 Å². The van der Waals surface area contributed by atoms with Gasteiger partial charge in [-0.25, -0.2) is 19.2 Å². The highest BCUT2D eigenvalue weighted by Gasteiger charge is 2.15. The fourth-order valence-electron chi connectivity index (χ4n) is 2.59. The molecule has 0 bridgehead atoms. The van der Waals surface area contributed by atoms with Gasteiger partial charge >= 0.3 is 5.97 Å². The van der Waals surface area contributed by atoms with Crippen molar-refractivity contribution >= 4 is 29.1 Å². The first kappa shape index (κ1) is 19.9.